The van der Waals surface area contributed by atoms with Crippen LogP contribution in [0.1, 0.15) is 143 Å². The number of epoxide rings is 1. The van der Waals surface area contributed by atoms with Crippen molar-refractivity contribution < 1.29 is 53.0 Å². The lowest BCUT2D eigenvalue weighted by Gasteiger charge is -2.61. The van der Waals surface area contributed by atoms with Crippen molar-refractivity contribution in [1.29, 1.82) is 0 Å². The highest BCUT2D eigenvalue weighted by atomic mass is 16.9. The van der Waals surface area contributed by atoms with Gasteiger partial charge in [-0.25, -0.2) is 4.79 Å². The van der Waals surface area contributed by atoms with E-state index in [0.29, 0.717) is 17.6 Å². The SMILES string of the molecule is C=C(C)C12OC3(c4ccccc4)OC1C1C4OC4(COC(=O)CCCCCCCCCCCCCCC)C(O)C4(O)C(=O)C(C)=CC4C1(O3)C(C)C2OC(=O)C=CC=CC=CCCC. The first-order chi connectivity index (χ1) is 30.8. The van der Waals surface area contributed by atoms with Crippen molar-refractivity contribution >= 4 is 17.7 Å². The third-order valence-electron chi connectivity index (χ3n) is 15.0. The van der Waals surface area contributed by atoms with Crippen molar-refractivity contribution in [2.45, 2.75) is 190 Å². The van der Waals surface area contributed by atoms with Gasteiger partial charge >= 0.3 is 17.9 Å². The first-order valence-corrected chi connectivity index (χ1v) is 24.3. The molecule has 11 nitrogen and oxygen atoms in total. The van der Waals surface area contributed by atoms with Crippen LogP contribution in [0.25, 0.3) is 0 Å². The van der Waals surface area contributed by atoms with Gasteiger partial charge in [-0.2, -0.15) is 0 Å². The zero-order chi connectivity index (χ0) is 45.8. The summed E-state index contributed by atoms with van der Waals surface area (Å²) in [5, 5.41) is 25.4. The molecule has 11 heteroatoms. The van der Waals surface area contributed by atoms with E-state index in [0.717, 1.165) is 32.1 Å². The minimum absolute atomic E-state index is 0.194. The number of aliphatic hydroxyl groups is 2. The number of ketones is 1. The van der Waals surface area contributed by atoms with Gasteiger partial charge in [-0.3, -0.25) is 9.59 Å². The molecule has 3 heterocycles. The number of allylic oxidation sites excluding steroid dienone is 5. The van der Waals surface area contributed by atoms with E-state index in [1.54, 1.807) is 44.2 Å². The number of esters is 2. The average molecular weight is 885 g/mol. The minimum atomic E-state index is -2.48. The van der Waals surface area contributed by atoms with E-state index in [4.69, 9.17) is 28.4 Å². The maximum absolute atomic E-state index is 14.4. The summed E-state index contributed by atoms with van der Waals surface area (Å²) in [6.07, 6.45) is 24.8. The number of ether oxygens (including phenoxy) is 6. The van der Waals surface area contributed by atoms with Gasteiger partial charge in [-0.05, 0) is 37.8 Å². The van der Waals surface area contributed by atoms with Gasteiger partial charge in [0.2, 0.25) is 0 Å². The Kier molecular flexibility index (Phi) is 15.1. The lowest BCUT2D eigenvalue weighted by molar-refractivity contribution is -0.440. The van der Waals surface area contributed by atoms with Crippen LogP contribution in [0.3, 0.4) is 0 Å². The lowest BCUT2D eigenvalue weighted by atomic mass is 9.53. The Morgan fingerprint density at radius 1 is 0.844 bits per heavy atom. The fourth-order valence-electron chi connectivity index (χ4n) is 11.6. The number of fused-ring (bicyclic) bond motifs is 3. The Morgan fingerprint density at radius 2 is 1.48 bits per heavy atom. The largest absolute Gasteiger partial charge is 0.462 e. The molecule has 0 aromatic heterocycles. The van der Waals surface area contributed by atoms with Crippen LogP contribution in [0.4, 0.5) is 0 Å². The average Bonchev–Trinajstić information content (AvgIpc) is 3.89. The Morgan fingerprint density at radius 3 is 2.12 bits per heavy atom. The third-order valence-corrected chi connectivity index (χ3v) is 15.0. The van der Waals surface area contributed by atoms with E-state index in [1.807, 2.05) is 43.4 Å². The summed E-state index contributed by atoms with van der Waals surface area (Å²) >= 11 is 0. The molecule has 2 saturated carbocycles. The summed E-state index contributed by atoms with van der Waals surface area (Å²) in [6, 6.07) is 9.09. The molecule has 1 aromatic rings. The van der Waals surface area contributed by atoms with Crippen molar-refractivity contribution in [2.24, 2.45) is 17.8 Å². The molecule has 6 aliphatic rings. The first-order valence-electron chi connectivity index (χ1n) is 24.3. The van der Waals surface area contributed by atoms with Gasteiger partial charge in [-0.15, -0.1) is 0 Å². The molecule has 3 aliphatic heterocycles. The molecular formula is C53H72O11. The zero-order valence-corrected chi connectivity index (χ0v) is 38.8. The van der Waals surface area contributed by atoms with E-state index in [-0.39, 0.29) is 12.0 Å². The van der Waals surface area contributed by atoms with Gasteiger partial charge in [0, 0.05) is 35.8 Å². The van der Waals surface area contributed by atoms with Crippen molar-refractivity contribution in [2.75, 3.05) is 6.61 Å². The van der Waals surface area contributed by atoms with Crippen LogP contribution in [0.15, 0.2) is 90.6 Å². The fraction of sp³-hybridized carbons (Fsp3) is 0.642. The van der Waals surface area contributed by atoms with Gasteiger partial charge in [0.25, 0.3) is 0 Å². The molecule has 3 bridgehead atoms. The van der Waals surface area contributed by atoms with Crippen molar-refractivity contribution in [3.63, 3.8) is 0 Å². The molecule has 2 N–H and O–H groups in total. The lowest BCUT2D eigenvalue weighted by Crippen LogP contribution is -2.76. The summed E-state index contributed by atoms with van der Waals surface area (Å²) in [4.78, 5) is 41.5. The van der Waals surface area contributed by atoms with Gasteiger partial charge in [0.05, 0.1) is 5.60 Å². The van der Waals surface area contributed by atoms with Gasteiger partial charge in [0.1, 0.15) is 31.0 Å². The molecule has 0 radical (unpaired) electrons. The Labute approximate surface area is 380 Å². The monoisotopic (exact) mass is 885 g/mol. The van der Waals surface area contributed by atoms with Gasteiger partial charge in [0.15, 0.2) is 22.6 Å². The Bertz CT molecular complexity index is 1970. The van der Waals surface area contributed by atoms with Crippen LogP contribution in [0.5, 0.6) is 0 Å². The second-order valence-electron chi connectivity index (χ2n) is 19.3. The quantitative estimate of drug-likeness (QED) is 0.0255. The molecule has 12 atom stereocenters. The summed E-state index contributed by atoms with van der Waals surface area (Å²) in [7, 11) is 0. The third kappa shape index (κ3) is 8.47. The normalized spacial score (nSPS) is 36.8. The second-order valence-corrected chi connectivity index (χ2v) is 19.3. The van der Waals surface area contributed by atoms with E-state index in [2.05, 4.69) is 20.4 Å². The van der Waals surface area contributed by atoms with Crippen LogP contribution in [0.2, 0.25) is 0 Å². The predicted octanol–water partition coefficient (Wildman–Crippen LogP) is 9.36. The summed E-state index contributed by atoms with van der Waals surface area (Å²) in [5.41, 5.74) is -6.08. The standard InChI is InChI=1S/C53H72O11/c1-7-9-11-13-15-16-17-18-19-20-22-23-28-32-41(54)59-35-49-46(61-49)43-47-51(36(3)4)45(60-42(55)33-29-24-21-14-12-10-8-2)38(6)52(43,40-34-37(5)44(56)50(40,58)48(49)57)64-53(62-47,63-51)39-30-26-25-27-31-39/h12,14,21,24-27,29-31,33-34,38,40,43,45-48,57-58H,3,7-11,13,15-20,22-23,28,32,35H2,1-2,4-6H3. The zero-order valence-electron chi connectivity index (χ0n) is 38.8. The predicted molar refractivity (Wildman–Crippen MR) is 242 cm³/mol. The summed E-state index contributed by atoms with van der Waals surface area (Å²) in [5.74, 6) is -6.54. The number of unbranched alkanes of at least 4 members (excludes halogenated alkanes) is 13. The molecule has 5 fully saturated rings. The van der Waals surface area contributed by atoms with E-state index < -0.39 is 94.9 Å². The van der Waals surface area contributed by atoms with Crippen LogP contribution >= 0.6 is 0 Å². The highest BCUT2D eigenvalue weighted by Gasteiger charge is 2.91. The Balaban J connectivity index is 1.13. The van der Waals surface area contributed by atoms with Crippen molar-refractivity contribution in [1.82, 2.24) is 0 Å². The maximum atomic E-state index is 14.4. The van der Waals surface area contributed by atoms with Gasteiger partial charge in [-0.1, -0.05) is 178 Å². The minimum Gasteiger partial charge on any atom is -0.462 e. The van der Waals surface area contributed by atoms with E-state index in [9.17, 15) is 24.6 Å². The smallest absolute Gasteiger partial charge is 0.331 e. The number of carbonyl (C=O) groups is 3. The molecule has 3 saturated heterocycles. The molecule has 64 heavy (non-hydrogen) atoms. The van der Waals surface area contributed by atoms with E-state index in [1.165, 1.54) is 63.9 Å². The molecule has 1 aromatic carbocycles. The molecule has 3 aliphatic carbocycles. The van der Waals surface area contributed by atoms with Crippen LogP contribution in [0, 0.1) is 17.8 Å². The first kappa shape index (κ1) is 48.2. The van der Waals surface area contributed by atoms with Crippen LogP contribution < -0.4 is 0 Å². The number of aliphatic hydroxyl groups excluding tert-OH is 1. The number of hydrogen-bond acceptors (Lipinski definition) is 11. The van der Waals surface area contributed by atoms with Crippen molar-refractivity contribution in [3.8, 4) is 0 Å². The summed E-state index contributed by atoms with van der Waals surface area (Å²) in [6.45, 7) is 13.6. The molecule has 7 rings (SSSR count). The van der Waals surface area contributed by atoms with Crippen molar-refractivity contribution in [3.05, 3.63) is 96.2 Å². The molecule has 350 valence electrons. The fourth-order valence-corrected chi connectivity index (χ4v) is 11.6. The highest BCUT2D eigenvalue weighted by Crippen LogP contribution is 2.74. The van der Waals surface area contributed by atoms with Gasteiger partial charge < -0.3 is 38.6 Å². The number of carbonyl (C=O) groups excluding carboxylic acids is 3. The molecule has 0 spiro atoms. The van der Waals surface area contributed by atoms with E-state index >= 15 is 0 Å². The summed E-state index contributed by atoms with van der Waals surface area (Å²) < 4.78 is 40.3. The highest BCUT2D eigenvalue weighted by molar-refractivity contribution is 6.05. The topological polar surface area (TPSA) is 150 Å². The number of hydrogen-bond donors (Lipinski definition) is 2. The van der Waals surface area contributed by atoms with Crippen LogP contribution in [-0.2, 0) is 48.8 Å². The number of rotatable bonds is 24. The number of Topliss-reactive ketones (excluding diaryl/α,β-unsaturated/α-hetero) is 1. The molecule has 12 unspecified atom stereocenters. The Hall–Kier alpha value is -3.71. The maximum Gasteiger partial charge on any atom is 0.331 e. The molecular weight excluding hydrogens is 813 g/mol. The van der Waals surface area contributed by atoms with Crippen LogP contribution in [-0.4, -0.2) is 81.4 Å². The molecule has 0 amide bonds. The number of benzene rings is 1. The second kappa shape index (κ2) is 20.0.